The van der Waals surface area contributed by atoms with Crippen LogP contribution < -0.4 is 0 Å². The zero-order valence-electron chi connectivity index (χ0n) is 12.7. The van der Waals surface area contributed by atoms with E-state index in [1.54, 1.807) is 4.52 Å². The first-order valence-electron chi connectivity index (χ1n) is 7.49. The second-order valence-corrected chi connectivity index (χ2v) is 7.82. The highest BCUT2D eigenvalue weighted by atomic mass is 32.2. The third kappa shape index (κ3) is 2.56. The van der Waals surface area contributed by atoms with Gasteiger partial charge in [-0.15, -0.1) is 5.10 Å². The molecular weight excluding hydrogens is 318 g/mol. The fourth-order valence-electron chi connectivity index (χ4n) is 3.10. The summed E-state index contributed by atoms with van der Waals surface area (Å²) in [5, 5.41) is 4.02. The number of hydrogen-bond acceptors (Lipinski definition) is 6. The maximum absolute atomic E-state index is 11.7. The van der Waals surface area contributed by atoms with Gasteiger partial charge in [-0.05, 0) is 24.1 Å². The Bertz CT molecular complexity index is 895. The van der Waals surface area contributed by atoms with Gasteiger partial charge in [0, 0.05) is 19.1 Å². The largest absolute Gasteiger partial charge is 0.347 e. The molecule has 2 aromatic heterocycles. The van der Waals surface area contributed by atoms with Gasteiger partial charge in [0.15, 0.2) is 5.79 Å². The molecule has 1 aliphatic heterocycles. The van der Waals surface area contributed by atoms with E-state index in [9.17, 15) is 8.42 Å². The molecule has 0 aromatic carbocycles. The van der Waals surface area contributed by atoms with Gasteiger partial charge >= 0.3 is 0 Å². The minimum atomic E-state index is -3.44. The third-order valence-electron chi connectivity index (χ3n) is 4.29. The summed E-state index contributed by atoms with van der Waals surface area (Å²) in [6.07, 6.45) is 7.01. The number of hydrogen-bond donors (Lipinski definition) is 0. The number of rotatable bonds is 2. The number of fused-ring (bicyclic) bond motifs is 1. The summed E-state index contributed by atoms with van der Waals surface area (Å²) >= 11 is 0. The Morgan fingerprint density at radius 1 is 1.26 bits per heavy atom. The Hall–Kier alpha value is -1.77. The van der Waals surface area contributed by atoms with Crippen molar-refractivity contribution in [1.82, 2.24) is 14.6 Å². The van der Waals surface area contributed by atoms with Gasteiger partial charge < -0.3 is 9.47 Å². The van der Waals surface area contributed by atoms with Gasteiger partial charge in [-0.3, -0.25) is 0 Å². The summed E-state index contributed by atoms with van der Waals surface area (Å²) in [7, 11) is -3.44. The van der Waals surface area contributed by atoms with Crippen molar-refractivity contribution in [1.29, 1.82) is 0 Å². The Balaban J connectivity index is 1.73. The molecule has 1 spiro atoms. The van der Waals surface area contributed by atoms with Crippen molar-refractivity contribution >= 4 is 20.9 Å². The van der Waals surface area contributed by atoms with E-state index in [2.05, 4.69) is 16.2 Å². The highest BCUT2D eigenvalue weighted by Crippen LogP contribution is 2.38. The first-order valence-corrected chi connectivity index (χ1v) is 9.38. The molecule has 0 amide bonds. The third-order valence-corrected chi connectivity index (χ3v) is 5.14. The molecule has 0 unspecified atom stereocenters. The number of nitrogens with zero attached hydrogens (tertiary/aromatic N) is 3. The first-order chi connectivity index (χ1) is 11.0. The first kappa shape index (κ1) is 14.8. The fourth-order valence-corrected chi connectivity index (χ4v) is 3.57. The molecule has 1 aliphatic carbocycles. The Morgan fingerprint density at radius 2 is 2.04 bits per heavy atom. The zero-order valence-corrected chi connectivity index (χ0v) is 13.5. The van der Waals surface area contributed by atoms with Gasteiger partial charge in [-0.2, -0.15) is 0 Å². The Morgan fingerprint density at radius 3 is 2.70 bits per heavy atom. The minimum absolute atomic E-state index is 0.169. The van der Waals surface area contributed by atoms with E-state index >= 15 is 0 Å². The standard InChI is InChI=1S/C15H17N3O4S/c1-23(19,20)14-16-10-12-2-3-13(18(12)17-14)11-4-6-15(7-5-11)21-8-9-22-15/h2-4,10H,5-9H2,1H3. The molecule has 0 N–H and O–H groups in total. The number of allylic oxidation sites excluding steroid dienone is 1. The van der Waals surface area contributed by atoms with Crippen LogP contribution in [-0.2, 0) is 19.3 Å². The molecule has 1 saturated heterocycles. The minimum Gasteiger partial charge on any atom is -0.347 e. The predicted octanol–water partition coefficient (Wildman–Crippen LogP) is 1.44. The topological polar surface area (TPSA) is 82.8 Å². The predicted molar refractivity (Wildman–Crippen MR) is 82.6 cm³/mol. The van der Waals surface area contributed by atoms with Crippen molar-refractivity contribution in [3.05, 3.63) is 30.1 Å². The van der Waals surface area contributed by atoms with Crippen LogP contribution in [0.5, 0.6) is 0 Å². The highest BCUT2D eigenvalue weighted by Gasteiger charge is 2.38. The summed E-state index contributed by atoms with van der Waals surface area (Å²) in [4.78, 5) is 3.92. The Kier molecular flexibility index (Phi) is 3.29. The SMILES string of the molecule is CS(=O)(=O)c1ncc2ccc(C3=CCC4(CC3)OCCO4)n2n1. The summed E-state index contributed by atoms with van der Waals surface area (Å²) in [5.41, 5.74) is 2.77. The van der Waals surface area contributed by atoms with Gasteiger partial charge in [0.1, 0.15) is 0 Å². The van der Waals surface area contributed by atoms with Crippen molar-refractivity contribution in [3.8, 4) is 0 Å². The van der Waals surface area contributed by atoms with Crippen LogP contribution in [0, 0.1) is 0 Å². The van der Waals surface area contributed by atoms with Crippen LogP contribution in [0.15, 0.2) is 29.6 Å². The van der Waals surface area contributed by atoms with Crippen molar-refractivity contribution in [2.24, 2.45) is 0 Å². The van der Waals surface area contributed by atoms with E-state index in [4.69, 9.17) is 9.47 Å². The fraction of sp³-hybridized carbons (Fsp3) is 0.467. The van der Waals surface area contributed by atoms with E-state index in [1.165, 1.54) is 6.20 Å². The van der Waals surface area contributed by atoms with E-state index in [1.807, 2.05) is 12.1 Å². The van der Waals surface area contributed by atoms with E-state index in [-0.39, 0.29) is 5.16 Å². The molecule has 1 fully saturated rings. The second kappa shape index (κ2) is 5.12. The average Bonchev–Trinajstić information content (AvgIpc) is 3.14. The van der Waals surface area contributed by atoms with Crippen LogP contribution in [0.3, 0.4) is 0 Å². The van der Waals surface area contributed by atoms with Crippen molar-refractivity contribution in [3.63, 3.8) is 0 Å². The van der Waals surface area contributed by atoms with Crippen LogP contribution in [0.1, 0.15) is 25.0 Å². The quantitative estimate of drug-likeness (QED) is 0.826. The van der Waals surface area contributed by atoms with Crippen LogP contribution in [0.4, 0.5) is 0 Å². The smallest absolute Gasteiger partial charge is 0.265 e. The Labute approximate surface area is 133 Å². The molecule has 0 bridgehead atoms. The van der Waals surface area contributed by atoms with Gasteiger partial charge in [-0.25, -0.2) is 17.9 Å². The average molecular weight is 335 g/mol. The molecule has 7 nitrogen and oxygen atoms in total. The number of aromatic nitrogens is 3. The van der Waals surface area contributed by atoms with Crippen LogP contribution in [-0.4, -0.2) is 48.3 Å². The lowest BCUT2D eigenvalue weighted by atomic mass is 9.92. The number of ether oxygens (including phenoxy) is 2. The molecule has 4 rings (SSSR count). The van der Waals surface area contributed by atoms with Gasteiger partial charge in [-0.1, -0.05) is 6.08 Å². The summed E-state index contributed by atoms with van der Waals surface area (Å²) < 4.78 is 36.4. The lowest BCUT2D eigenvalue weighted by molar-refractivity contribution is -0.159. The second-order valence-electron chi connectivity index (χ2n) is 5.91. The van der Waals surface area contributed by atoms with Crippen LogP contribution in [0.2, 0.25) is 0 Å². The van der Waals surface area contributed by atoms with E-state index in [0.29, 0.717) is 19.6 Å². The molecule has 23 heavy (non-hydrogen) atoms. The molecule has 2 aromatic rings. The molecule has 2 aliphatic rings. The molecule has 0 atom stereocenters. The van der Waals surface area contributed by atoms with Gasteiger partial charge in [0.05, 0.1) is 30.6 Å². The van der Waals surface area contributed by atoms with E-state index in [0.717, 1.165) is 35.9 Å². The molecule has 0 saturated carbocycles. The summed E-state index contributed by atoms with van der Waals surface area (Å²) in [6.45, 7) is 1.28. The van der Waals surface area contributed by atoms with Crippen LogP contribution >= 0.6 is 0 Å². The summed E-state index contributed by atoms with van der Waals surface area (Å²) in [5.74, 6) is -0.469. The molecule has 3 heterocycles. The zero-order chi connectivity index (χ0) is 16.1. The van der Waals surface area contributed by atoms with Gasteiger partial charge in [0.25, 0.3) is 5.16 Å². The van der Waals surface area contributed by atoms with Crippen LogP contribution in [0.25, 0.3) is 11.1 Å². The molecule has 0 radical (unpaired) electrons. The number of sulfone groups is 1. The van der Waals surface area contributed by atoms with Gasteiger partial charge in [0.2, 0.25) is 9.84 Å². The summed E-state index contributed by atoms with van der Waals surface area (Å²) in [6, 6.07) is 3.82. The lowest BCUT2D eigenvalue weighted by Gasteiger charge is -2.30. The van der Waals surface area contributed by atoms with Crippen molar-refractivity contribution < 1.29 is 17.9 Å². The molecule has 122 valence electrons. The lowest BCUT2D eigenvalue weighted by Crippen LogP contribution is -2.31. The maximum atomic E-state index is 11.7. The monoisotopic (exact) mass is 335 g/mol. The molecular formula is C15H17N3O4S. The van der Waals surface area contributed by atoms with Crippen molar-refractivity contribution in [2.75, 3.05) is 19.5 Å². The van der Waals surface area contributed by atoms with Crippen molar-refractivity contribution in [2.45, 2.75) is 30.2 Å². The maximum Gasteiger partial charge on any atom is 0.265 e. The highest BCUT2D eigenvalue weighted by molar-refractivity contribution is 7.90. The van der Waals surface area contributed by atoms with E-state index < -0.39 is 15.6 Å². The normalized spacial score (nSPS) is 21.0. The molecule has 8 heteroatoms.